The van der Waals surface area contributed by atoms with Gasteiger partial charge < -0.3 is 9.73 Å². The van der Waals surface area contributed by atoms with Crippen molar-refractivity contribution in [2.24, 2.45) is 0 Å². The SMILES string of the molecule is CCC(C)NC(=O)c1cc(S(=O)(=O)Cl)c(Br)o1. The van der Waals surface area contributed by atoms with E-state index in [0.717, 1.165) is 12.5 Å². The van der Waals surface area contributed by atoms with Gasteiger partial charge in [0.1, 0.15) is 4.90 Å². The van der Waals surface area contributed by atoms with E-state index in [0.29, 0.717) is 0 Å². The predicted molar refractivity (Wildman–Crippen MR) is 66.7 cm³/mol. The predicted octanol–water partition coefficient (Wildman–Crippen LogP) is 2.50. The third-order valence-corrected chi connectivity index (χ3v) is 4.31. The van der Waals surface area contributed by atoms with Gasteiger partial charge in [0.05, 0.1) is 0 Å². The molecule has 5 nitrogen and oxygen atoms in total. The molecule has 17 heavy (non-hydrogen) atoms. The summed E-state index contributed by atoms with van der Waals surface area (Å²) in [6.45, 7) is 3.74. The highest BCUT2D eigenvalue weighted by Crippen LogP contribution is 2.28. The minimum absolute atomic E-state index is 0.0255. The number of amides is 1. The molecule has 0 aliphatic rings. The first kappa shape index (κ1) is 14.5. The summed E-state index contributed by atoms with van der Waals surface area (Å²) in [4.78, 5) is 11.4. The molecule has 0 aromatic carbocycles. The molecule has 1 N–H and O–H groups in total. The third kappa shape index (κ3) is 3.72. The van der Waals surface area contributed by atoms with E-state index in [1.165, 1.54) is 0 Å². The number of hydrogen-bond acceptors (Lipinski definition) is 4. The summed E-state index contributed by atoms with van der Waals surface area (Å²) in [6.07, 6.45) is 0.758. The van der Waals surface area contributed by atoms with E-state index in [1.54, 1.807) is 0 Å². The van der Waals surface area contributed by atoms with E-state index in [4.69, 9.17) is 15.1 Å². The van der Waals surface area contributed by atoms with Crippen molar-refractivity contribution in [2.75, 3.05) is 0 Å². The molecule has 1 aromatic rings. The molecule has 1 amide bonds. The van der Waals surface area contributed by atoms with Crippen LogP contribution in [0.1, 0.15) is 30.8 Å². The maximum Gasteiger partial charge on any atom is 0.287 e. The molecular weight excluding hydrogens is 334 g/mol. The lowest BCUT2D eigenvalue weighted by Gasteiger charge is -2.08. The van der Waals surface area contributed by atoms with E-state index < -0.39 is 15.0 Å². The fourth-order valence-electron chi connectivity index (χ4n) is 1.03. The molecule has 0 spiro atoms. The van der Waals surface area contributed by atoms with Gasteiger partial charge in [-0.1, -0.05) is 6.92 Å². The van der Waals surface area contributed by atoms with Crippen LogP contribution in [0.3, 0.4) is 0 Å². The molecule has 1 rings (SSSR count). The Labute approximate surface area is 112 Å². The number of carbonyl (C=O) groups is 1. The molecule has 96 valence electrons. The first-order valence-corrected chi connectivity index (χ1v) is 7.90. The van der Waals surface area contributed by atoms with Crippen molar-refractivity contribution in [3.8, 4) is 0 Å². The van der Waals surface area contributed by atoms with Crippen molar-refractivity contribution in [3.63, 3.8) is 0 Å². The summed E-state index contributed by atoms with van der Waals surface area (Å²) in [5.41, 5.74) is 0. The second kappa shape index (κ2) is 5.41. The quantitative estimate of drug-likeness (QED) is 0.851. The number of carbonyl (C=O) groups excluding carboxylic acids is 1. The van der Waals surface area contributed by atoms with Gasteiger partial charge in [-0.25, -0.2) is 8.42 Å². The molecule has 0 saturated carbocycles. The van der Waals surface area contributed by atoms with Gasteiger partial charge in [0, 0.05) is 22.8 Å². The van der Waals surface area contributed by atoms with Crippen molar-refractivity contribution in [1.82, 2.24) is 5.32 Å². The van der Waals surface area contributed by atoms with Crippen LogP contribution in [0.5, 0.6) is 0 Å². The Morgan fingerprint density at radius 2 is 2.24 bits per heavy atom. The minimum atomic E-state index is -3.93. The average Bonchev–Trinajstić information content (AvgIpc) is 2.59. The lowest BCUT2D eigenvalue weighted by molar-refractivity contribution is 0.0910. The molecule has 0 fully saturated rings. The lowest BCUT2D eigenvalue weighted by atomic mass is 10.2. The van der Waals surface area contributed by atoms with Crippen LogP contribution < -0.4 is 5.32 Å². The Morgan fingerprint density at radius 1 is 1.65 bits per heavy atom. The number of nitrogens with one attached hydrogen (secondary N) is 1. The van der Waals surface area contributed by atoms with E-state index in [-0.39, 0.29) is 21.4 Å². The van der Waals surface area contributed by atoms with E-state index in [2.05, 4.69) is 21.2 Å². The summed E-state index contributed by atoms with van der Waals surface area (Å²) in [5, 5.41) is 2.65. The molecule has 1 aromatic heterocycles. The largest absolute Gasteiger partial charge is 0.443 e. The molecule has 0 bridgehead atoms. The number of hydrogen-bond donors (Lipinski definition) is 1. The van der Waals surface area contributed by atoms with Gasteiger partial charge in [0.2, 0.25) is 0 Å². The van der Waals surface area contributed by atoms with Crippen molar-refractivity contribution in [1.29, 1.82) is 0 Å². The Morgan fingerprint density at radius 3 is 2.65 bits per heavy atom. The van der Waals surface area contributed by atoms with E-state index in [9.17, 15) is 13.2 Å². The molecule has 0 saturated heterocycles. The Bertz CT molecular complexity index is 525. The number of halogens is 2. The van der Waals surface area contributed by atoms with Crippen LogP contribution in [-0.2, 0) is 9.05 Å². The lowest BCUT2D eigenvalue weighted by Crippen LogP contribution is -2.31. The molecule has 1 atom stereocenters. The molecular formula is C9H11BrClNO4S. The van der Waals surface area contributed by atoms with Gasteiger partial charge in [-0.15, -0.1) is 0 Å². The summed E-state index contributed by atoms with van der Waals surface area (Å²) >= 11 is 2.89. The van der Waals surface area contributed by atoms with Gasteiger partial charge in [0.15, 0.2) is 10.4 Å². The molecule has 8 heteroatoms. The molecule has 1 unspecified atom stereocenters. The Balaban J connectivity index is 2.99. The monoisotopic (exact) mass is 343 g/mol. The summed E-state index contributed by atoms with van der Waals surface area (Å²) < 4.78 is 27.1. The molecule has 1 heterocycles. The van der Waals surface area contributed by atoms with Gasteiger partial charge in [-0.3, -0.25) is 4.79 Å². The second-order valence-electron chi connectivity index (χ2n) is 3.47. The van der Waals surface area contributed by atoms with Gasteiger partial charge in [0.25, 0.3) is 15.0 Å². The smallest absolute Gasteiger partial charge is 0.287 e. The average molecular weight is 345 g/mol. The minimum Gasteiger partial charge on any atom is -0.443 e. The zero-order chi connectivity index (χ0) is 13.2. The zero-order valence-corrected chi connectivity index (χ0v) is 12.3. The normalized spacial score (nSPS) is 13.4. The van der Waals surface area contributed by atoms with Gasteiger partial charge in [-0.2, -0.15) is 0 Å². The Hall–Kier alpha value is -0.530. The van der Waals surface area contributed by atoms with Gasteiger partial charge in [-0.05, 0) is 29.3 Å². The maximum absolute atomic E-state index is 11.6. The molecule has 0 aliphatic carbocycles. The fourth-order valence-corrected chi connectivity index (χ4v) is 3.06. The van der Waals surface area contributed by atoms with Crippen LogP contribution in [0, 0.1) is 0 Å². The van der Waals surface area contributed by atoms with Crippen molar-refractivity contribution in [3.05, 3.63) is 16.5 Å². The maximum atomic E-state index is 11.6. The molecule has 0 radical (unpaired) electrons. The Kier molecular flexibility index (Phi) is 4.62. The van der Waals surface area contributed by atoms with Crippen LogP contribution in [-0.4, -0.2) is 20.4 Å². The zero-order valence-electron chi connectivity index (χ0n) is 9.16. The van der Waals surface area contributed by atoms with Crippen LogP contribution in [0.4, 0.5) is 0 Å². The standard InChI is InChI=1S/C9H11BrClNO4S/c1-3-5(2)12-9(13)6-4-7(8(10)16-6)17(11,14)15/h4-5H,3H2,1-2H3,(H,12,13). The first-order chi connectivity index (χ1) is 7.75. The highest BCUT2D eigenvalue weighted by molar-refractivity contribution is 9.10. The fraction of sp³-hybridized carbons (Fsp3) is 0.444. The second-order valence-corrected chi connectivity index (χ2v) is 6.72. The van der Waals surface area contributed by atoms with E-state index >= 15 is 0 Å². The van der Waals surface area contributed by atoms with Crippen molar-refractivity contribution < 1.29 is 17.6 Å². The summed E-state index contributed by atoms with van der Waals surface area (Å²) in [7, 11) is 1.24. The highest BCUT2D eigenvalue weighted by atomic mass is 79.9. The van der Waals surface area contributed by atoms with Crippen LogP contribution in [0.25, 0.3) is 0 Å². The van der Waals surface area contributed by atoms with Crippen LogP contribution in [0.15, 0.2) is 20.0 Å². The van der Waals surface area contributed by atoms with Crippen molar-refractivity contribution in [2.45, 2.75) is 31.2 Å². The highest BCUT2D eigenvalue weighted by Gasteiger charge is 2.23. The number of rotatable bonds is 4. The third-order valence-electron chi connectivity index (χ3n) is 2.13. The van der Waals surface area contributed by atoms with Crippen molar-refractivity contribution >= 4 is 41.6 Å². The van der Waals surface area contributed by atoms with Crippen LogP contribution >= 0.6 is 26.6 Å². The molecule has 0 aliphatic heterocycles. The topological polar surface area (TPSA) is 76.4 Å². The number of furan rings is 1. The summed E-state index contributed by atoms with van der Waals surface area (Å²) in [5.74, 6) is -0.581. The first-order valence-electron chi connectivity index (χ1n) is 4.80. The summed E-state index contributed by atoms with van der Waals surface area (Å²) in [6, 6.07) is 1.06. The van der Waals surface area contributed by atoms with Gasteiger partial charge >= 0.3 is 0 Å². The van der Waals surface area contributed by atoms with E-state index in [1.807, 2.05) is 13.8 Å². The van der Waals surface area contributed by atoms with Crippen LogP contribution in [0.2, 0.25) is 0 Å².